The number of anilines is 3. The van der Waals surface area contributed by atoms with Crippen molar-refractivity contribution in [2.75, 3.05) is 41.3 Å². The predicted octanol–water partition coefficient (Wildman–Crippen LogP) is -0.0558. The molecule has 8 N–H and O–H groups in total. The third kappa shape index (κ3) is 11.0. The van der Waals surface area contributed by atoms with Crippen LogP contribution in [0.2, 0.25) is 0 Å². The summed E-state index contributed by atoms with van der Waals surface area (Å²) in [5.74, 6) is -1.12. The Bertz CT molecular complexity index is 2230. The van der Waals surface area contributed by atoms with Crippen LogP contribution in [0, 0.1) is 12.3 Å². The van der Waals surface area contributed by atoms with Crippen LogP contribution >= 0.6 is 24.6 Å². The van der Waals surface area contributed by atoms with Crippen molar-refractivity contribution >= 4 is 71.5 Å². The second-order valence-corrected chi connectivity index (χ2v) is 15.9. The zero-order valence-electron chi connectivity index (χ0n) is 25.0. The van der Waals surface area contributed by atoms with Gasteiger partial charge in [-0.2, -0.15) is 18.6 Å². The minimum absolute atomic E-state index is 0.0521. The first kappa shape index (κ1) is 40.9. The van der Waals surface area contributed by atoms with Crippen LogP contribution in [0.15, 0.2) is 72.1 Å². The summed E-state index contributed by atoms with van der Waals surface area (Å²) >= 11 is 0.349. The maximum absolute atomic E-state index is 13.3. The molecule has 274 valence electrons. The van der Waals surface area contributed by atoms with Crippen LogP contribution in [0.4, 0.5) is 17.1 Å². The first-order valence-corrected chi connectivity index (χ1v) is 19.1. The summed E-state index contributed by atoms with van der Waals surface area (Å²) in [4.78, 5) is 11.8. The lowest BCUT2D eigenvalue weighted by Crippen LogP contribution is -2.51. The number of benzene rings is 3. The van der Waals surface area contributed by atoms with Crippen LogP contribution < -0.4 is 38.1 Å². The largest absolute Gasteiger partial charge is 0.397 e. The fourth-order valence-electron chi connectivity index (χ4n) is 3.69. The number of hydrogen-bond acceptors (Lipinski definition) is 23. The van der Waals surface area contributed by atoms with Gasteiger partial charge in [0.05, 0.1) is 56.9 Å². The van der Waals surface area contributed by atoms with Gasteiger partial charge in [0.1, 0.15) is 4.90 Å². The molecule has 0 heterocycles. The molecule has 0 aliphatic rings. The molecule has 0 saturated carbocycles. The van der Waals surface area contributed by atoms with Crippen molar-refractivity contribution in [2.24, 2.45) is 10.2 Å². The van der Waals surface area contributed by atoms with E-state index in [0.29, 0.717) is 6.07 Å². The number of nitrogens with two attached hydrogens (primary N) is 1. The summed E-state index contributed by atoms with van der Waals surface area (Å²) in [5, 5.41) is 37.3. The summed E-state index contributed by atoms with van der Waals surface area (Å²) in [5.41, 5.74) is 9.44. The molecule has 0 atom stereocenters. The molecule has 3 aromatic rings. The van der Waals surface area contributed by atoms with Crippen LogP contribution in [-0.4, -0.2) is 65.0 Å². The third-order valence-electron chi connectivity index (χ3n) is 6.17. The van der Waals surface area contributed by atoms with E-state index in [9.17, 15) is 34.6 Å². The second kappa shape index (κ2) is 18.1. The number of nitrogens with one attached hydrogen (secondary N) is 3. The molecule has 0 bridgehead atoms. The van der Waals surface area contributed by atoms with Gasteiger partial charge in [-0.15, -0.1) is 8.67 Å². The monoisotopic (exact) mass is 802 g/mol. The lowest BCUT2D eigenvalue weighted by molar-refractivity contribution is -0.434. The molecule has 0 amide bonds. The summed E-state index contributed by atoms with van der Waals surface area (Å²) in [6, 6.07) is 7.72. The van der Waals surface area contributed by atoms with Gasteiger partial charge in [0.15, 0.2) is 55.0 Å². The minimum atomic E-state index is -5.08. The van der Waals surface area contributed by atoms with E-state index in [1.165, 1.54) is 31.2 Å². The molecule has 3 rings (SSSR count). The Kier molecular flexibility index (Phi) is 14.8. The van der Waals surface area contributed by atoms with E-state index in [-0.39, 0.29) is 53.1 Å². The van der Waals surface area contributed by atoms with Gasteiger partial charge < -0.3 is 5.73 Å². The van der Waals surface area contributed by atoms with E-state index in [0.717, 1.165) is 12.1 Å². The number of hydrogen-bond donors (Lipinski definition) is 7. The Labute approximate surface area is 290 Å². The second-order valence-electron chi connectivity index (χ2n) is 9.25. The van der Waals surface area contributed by atoms with E-state index in [2.05, 4.69) is 39.8 Å². The molecule has 0 aliphatic heterocycles. The predicted molar refractivity (Wildman–Crippen MR) is 172 cm³/mol. The number of nitrogens with zero attached hydrogens (tertiary/aromatic N) is 2. The minimum Gasteiger partial charge on any atom is -0.397 e. The molecular formula is C23H26N6O16S5. The number of sulfone groups is 2. The smallest absolute Gasteiger partial charge is 0.296 e. The van der Waals surface area contributed by atoms with Crippen LogP contribution in [-0.2, 0) is 56.9 Å². The molecule has 0 radical (unpaired) electrons. The summed E-state index contributed by atoms with van der Waals surface area (Å²) in [7, 11) is -13.1. The van der Waals surface area contributed by atoms with Crippen molar-refractivity contribution in [3.8, 4) is 0 Å². The summed E-state index contributed by atoms with van der Waals surface area (Å²) < 4.78 is 102. The van der Waals surface area contributed by atoms with E-state index in [1.807, 2.05) is 0 Å². The molecule has 0 unspecified atom stereocenters. The van der Waals surface area contributed by atoms with E-state index in [4.69, 9.17) is 30.0 Å². The van der Waals surface area contributed by atoms with Crippen LogP contribution in [0.25, 0.3) is 0 Å². The lowest BCUT2D eigenvalue weighted by Gasteiger charge is -2.10. The van der Waals surface area contributed by atoms with Crippen molar-refractivity contribution in [1.29, 1.82) is 5.41 Å². The maximum Gasteiger partial charge on any atom is 0.296 e. The zero-order valence-corrected chi connectivity index (χ0v) is 29.1. The molecule has 50 heavy (non-hydrogen) atoms. The zero-order chi connectivity index (χ0) is 37.1. The lowest BCUT2D eigenvalue weighted by atomic mass is 10.1. The standard InChI is InChI=1S/C23H26N6O16S5/c1-13-19(24)21(28-26-14-2-4-15(5-3-14)48(33,34)10-8-40-46-44-42-31)23(30)22(20(13)25)29-27-17-7-6-16(12-18(17)50(37,38)39)49(35,36)11-9-41-47-45-43-32/h2-7,12,25-27,31-32H,8-11,24H2,1H3,(H,37,38,39)/b25-20?,28-21+,29-22+. The average molecular weight is 803 g/mol. The first-order chi connectivity index (χ1) is 23.5. The third-order valence-corrected chi connectivity index (χ3v) is 11.2. The van der Waals surface area contributed by atoms with Gasteiger partial charge in [-0.25, -0.2) is 27.4 Å². The number of rotatable bonds is 19. The molecule has 3 aromatic carbocycles. The molecule has 0 spiro atoms. The fourth-order valence-corrected chi connectivity index (χ4v) is 7.27. The molecule has 22 nitrogen and oxygen atoms in total. The van der Waals surface area contributed by atoms with Crippen molar-refractivity contribution in [2.45, 2.75) is 21.6 Å². The molecular weight excluding hydrogens is 777 g/mol. The highest BCUT2D eigenvalue weighted by Crippen LogP contribution is 2.26. The van der Waals surface area contributed by atoms with Crippen LogP contribution in [0.3, 0.4) is 0 Å². The highest BCUT2D eigenvalue weighted by Gasteiger charge is 2.22. The molecule has 0 fully saturated rings. The average Bonchev–Trinajstić information content (AvgIpc) is 3.06. The molecule has 0 aliphatic carbocycles. The first-order valence-electron chi connectivity index (χ1n) is 13.0. The fraction of sp³-hybridized carbons (Fsp3) is 0.217. The van der Waals surface area contributed by atoms with E-state index in [1.54, 1.807) is 0 Å². The molecule has 27 heteroatoms. The summed E-state index contributed by atoms with van der Waals surface area (Å²) in [6.45, 7) is 0.604. The van der Waals surface area contributed by atoms with Gasteiger partial charge in [-0.05, 0) is 49.4 Å². The molecule has 0 saturated heterocycles. The highest BCUT2D eigenvalue weighted by molar-refractivity contribution is 7.92. The Hall–Kier alpha value is -3.55. The Morgan fingerprint density at radius 2 is 1.34 bits per heavy atom. The van der Waals surface area contributed by atoms with Gasteiger partial charge in [-0.3, -0.25) is 34.0 Å². The normalized spacial score (nSPS) is 13.1. The van der Waals surface area contributed by atoms with Crippen molar-refractivity contribution in [1.82, 2.24) is 0 Å². The summed E-state index contributed by atoms with van der Waals surface area (Å²) in [6.07, 6.45) is 0. The molecule has 0 aromatic heterocycles. The Morgan fingerprint density at radius 1 is 0.820 bits per heavy atom. The SMILES string of the molecule is Cc1c(N)/c(=N\Nc2ccc(S(=O)(=O)CCOSOOO)cc2)c(=O)/c(=N/Nc2ccc(S(=O)(=O)CCOSOOO)cc2S(=O)(=O)O)c1=N. The highest BCUT2D eigenvalue weighted by atomic mass is 32.2. The Morgan fingerprint density at radius 3 is 1.88 bits per heavy atom. The van der Waals surface area contributed by atoms with Gasteiger partial charge in [0.2, 0.25) is 5.43 Å². The van der Waals surface area contributed by atoms with E-state index < -0.39 is 84.9 Å². The quantitative estimate of drug-likeness (QED) is 0.0208. The van der Waals surface area contributed by atoms with Gasteiger partial charge >= 0.3 is 0 Å². The topological polar surface area (TPSA) is 334 Å². The number of nitrogen functional groups attached to an aromatic ring is 1. The van der Waals surface area contributed by atoms with Gasteiger partial charge in [-0.1, -0.05) is 10.1 Å². The van der Waals surface area contributed by atoms with Crippen LogP contribution in [0.1, 0.15) is 5.56 Å². The van der Waals surface area contributed by atoms with Crippen LogP contribution in [0.5, 0.6) is 0 Å². The van der Waals surface area contributed by atoms with E-state index >= 15 is 0 Å². The van der Waals surface area contributed by atoms with Gasteiger partial charge in [0, 0.05) is 5.56 Å². The van der Waals surface area contributed by atoms with Crippen molar-refractivity contribution < 1.29 is 67.4 Å². The Balaban J connectivity index is 1.91. The van der Waals surface area contributed by atoms with Crippen molar-refractivity contribution in [3.63, 3.8) is 0 Å². The van der Waals surface area contributed by atoms with Crippen molar-refractivity contribution in [3.05, 3.63) is 74.3 Å². The maximum atomic E-state index is 13.3. The van der Waals surface area contributed by atoms with Gasteiger partial charge in [0.25, 0.3) is 10.1 Å².